The van der Waals surface area contributed by atoms with Crippen molar-refractivity contribution in [3.63, 3.8) is 0 Å². The maximum Gasteiger partial charge on any atom is 0.118 e. The zero-order valence-electron chi connectivity index (χ0n) is 16.3. The number of ether oxygens (including phenoxy) is 1. The van der Waals surface area contributed by atoms with Crippen LogP contribution in [0.25, 0.3) is 0 Å². The van der Waals surface area contributed by atoms with Gasteiger partial charge in [-0.05, 0) is 53.1 Å². The maximum absolute atomic E-state index is 5.27. The highest BCUT2D eigenvalue weighted by Gasteiger charge is 2.09. The second-order valence-electron chi connectivity index (χ2n) is 6.91. The SMILES string of the molecule is COc1ccc(CN(Cc2ccncc2)Cc2ccc(N(C)C)cc2)cc1. The fourth-order valence-corrected chi connectivity index (χ4v) is 3.06. The molecule has 0 aliphatic heterocycles. The van der Waals surface area contributed by atoms with E-state index in [0.717, 1.165) is 25.4 Å². The van der Waals surface area contributed by atoms with E-state index in [1.807, 2.05) is 24.5 Å². The van der Waals surface area contributed by atoms with Crippen LogP contribution in [0.1, 0.15) is 16.7 Å². The van der Waals surface area contributed by atoms with Gasteiger partial charge in [0.15, 0.2) is 0 Å². The molecule has 0 amide bonds. The smallest absolute Gasteiger partial charge is 0.118 e. The van der Waals surface area contributed by atoms with Crippen LogP contribution in [0.4, 0.5) is 5.69 Å². The molecule has 4 heteroatoms. The molecule has 0 atom stereocenters. The Balaban J connectivity index is 1.75. The van der Waals surface area contributed by atoms with Gasteiger partial charge in [0.2, 0.25) is 0 Å². The first-order valence-electron chi connectivity index (χ1n) is 9.14. The average molecular weight is 361 g/mol. The predicted octanol–water partition coefficient (Wildman–Crippen LogP) is 4.36. The van der Waals surface area contributed by atoms with Crippen LogP contribution in [0.15, 0.2) is 73.1 Å². The summed E-state index contributed by atoms with van der Waals surface area (Å²) in [7, 11) is 5.82. The van der Waals surface area contributed by atoms with Crippen molar-refractivity contribution in [1.82, 2.24) is 9.88 Å². The highest BCUT2D eigenvalue weighted by Crippen LogP contribution is 2.18. The number of anilines is 1. The molecule has 1 aromatic heterocycles. The Morgan fingerprint density at radius 3 is 1.67 bits per heavy atom. The predicted molar refractivity (Wildman–Crippen MR) is 111 cm³/mol. The summed E-state index contributed by atoms with van der Waals surface area (Å²) < 4.78 is 5.27. The molecule has 0 aliphatic rings. The molecule has 0 unspecified atom stereocenters. The van der Waals surface area contributed by atoms with E-state index >= 15 is 0 Å². The number of rotatable bonds is 8. The standard InChI is InChI=1S/C23H27N3O/c1-25(2)22-8-4-19(5-9-22)16-26(18-21-12-14-24-15-13-21)17-20-6-10-23(27-3)11-7-20/h4-15H,16-18H2,1-3H3. The van der Waals surface area contributed by atoms with Crippen LogP contribution in [-0.2, 0) is 19.6 Å². The van der Waals surface area contributed by atoms with Crippen molar-refractivity contribution < 1.29 is 4.74 Å². The minimum Gasteiger partial charge on any atom is -0.497 e. The minimum absolute atomic E-state index is 0.877. The van der Waals surface area contributed by atoms with Crippen molar-refractivity contribution in [3.8, 4) is 5.75 Å². The van der Waals surface area contributed by atoms with Gasteiger partial charge in [0.05, 0.1) is 7.11 Å². The van der Waals surface area contributed by atoms with Crippen LogP contribution >= 0.6 is 0 Å². The number of benzene rings is 2. The molecule has 140 valence electrons. The third kappa shape index (κ3) is 5.56. The summed E-state index contributed by atoms with van der Waals surface area (Å²) in [6.07, 6.45) is 3.71. The van der Waals surface area contributed by atoms with E-state index in [1.165, 1.54) is 22.4 Å². The molecule has 0 aliphatic carbocycles. The summed E-state index contributed by atoms with van der Waals surface area (Å²) in [5, 5.41) is 0. The Hall–Kier alpha value is -2.85. The van der Waals surface area contributed by atoms with Crippen LogP contribution < -0.4 is 9.64 Å². The fraction of sp³-hybridized carbons (Fsp3) is 0.261. The lowest BCUT2D eigenvalue weighted by molar-refractivity contribution is 0.247. The molecule has 2 aromatic carbocycles. The molecule has 0 spiro atoms. The average Bonchev–Trinajstić information content (AvgIpc) is 2.70. The molecule has 0 saturated heterocycles. The molecule has 0 N–H and O–H groups in total. The molecule has 3 rings (SSSR count). The normalized spacial score (nSPS) is 10.8. The second kappa shape index (κ2) is 9.19. The van der Waals surface area contributed by atoms with Gasteiger partial charge in [0.1, 0.15) is 5.75 Å². The van der Waals surface area contributed by atoms with Gasteiger partial charge in [-0.25, -0.2) is 0 Å². The summed E-state index contributed by atoms with van der Waals surface area (Å²) in [4.78, 5) is 8.70. The van der Waals surface area contributed by atoms with Crippen LogP contribution in [0.3, 0.4) is 0 Å². The molecular formula is C23H27N3O. The van der Waals surface area contributed by atoms with E-state index in [2.05, 4.69) is 77.4 Å². The third-order valence-electron chi connectivity index (χ3n) is 4.58. The third-order valence-corrected chi connectivity index (χ3v) is 4.58. The molecule has 0 bridgehead atoms. The van der Waals surface area contributed by atoms with Gasteiger partial charge in [-0.3, -0.25) is 9.88 Å². The molecule has 0 fully saturated rings. The van der Waals surface area contributed by atoms with Gasteiger partial charge in [-0.1, -0.05) is 24.3 Å². The van der Waals surface area contributed by atoms with E-state index in [9.17, 15) is 0 Å². The zero-order valence-corrected chi connectivity index (χ0v) is 16.3. The molecule has 4 nitrogen and oxygen atoms in total. The first-order chi connectivity index (χ1) is 13.1. The van der Waals surface area contributed by atoms with Gasteiger partial charge in [0.25, 0.3) is 0 Å². The Labute approximate surface area is 162 Å². The van der Waals surface area contributed by atoms with Crippen LogP contribution in [0.5, 0.6) is 5.75 Å². The van der Waals surface area contributed by atoms with E-state index in [1.54, 1.807) is 7.11 Å². The van der Waals surface area contributed by atoms with Crippen molar-refractivity contribution >= 4 is 5.69 Å². The number of hydrogen-bond donors (Lipinski definition) is 0. The molecule has 27 heavy (non-hydrogen) atoms. The van der Waals surface area contributed by atoms with Crippen LogP contribution in [-0.4, -0.2) is 31.1 Å². The summed E-state index contributed by atoms with van der Waals surface area (Å²) >= 11 is 0. The Morgan fingerprint density at radius 2 is 1.19 bits per heavy atom. The van der Waals surface area contributed by atoms with Crippen LogP contribution in [0.2, 0.25) is 0 Å². The Morgan fingerprint density at radius 1 is 0.704 bits per heavy atom. The number of pyridine rings is 1. The Kier molecular flexibility index (Phi) is 6.44. The molecular weight excluding hydrogens is 334 g/mol. The second-order valence-corrected chi connectivity index (χ2v) is 6.91. The van der Waals surface area contributed by atoms with Gasteiger partial charge >= 0.3 is 0 Å². The number of aromatic nitrogens is 1. The van der Waals surface area contributed by atoms with Gasteiger partial charge in [-0.15, -0.1) is 0 Å². The van der Waals surface area contributed by atoms with Gasteiger partial charge < -0.3 is 9.64 Å². The quantitative estimate of drug-likeness (QED) is 0.596. The van der Waals surface area contributed by atoms with E-state index in [4.69, 9.17) is 4.74 Å². The molecule has 0 radical (unpaired) electrons. The minimum atomic E-state index is 0.877. The number of hydrogen-bond acceptors (Lipinski definition) is 4. The monoisotopic (exact) mass is 361 g/mol. The Bertz CT molecular complexity index is 815. The lowest BCUT2D eigenvalue weighted by Crippen LogP contribution is -2.22. The van der Waals surface area contributed by atoms with E-state index in [0.29, 0.717) is 0 Å². The number of methoxy groups -OCH3 is 1. The molecule has 1 heterocycles. The largest absolute Gasteiger partial charge is 0.497 e. The lowest BCUT2D eigenvalue weighted by Gasteiger charge is -2.23. The van der Waals surface area contributed by atoms with Crippen molar-refractivity contribution in [2.24, 2.45) is 0 Å². The van der Waals surface area contributed by atoms with Crippen LogP contribution in [0, 0.1) is 0 Å². The zero-order chi connectivity index (χ0) is 19.1. The van der Waals surface area contributed by atoms with Crippen molar-refractivity contribution in [3.05, 3.63) is 89.7 Å². The highest BCUT2D eigenvalue weighted by molar-refractivity contribution is 5.46. The van der Waals surface area contributed by atoms with Crippen molar-refractivity contribution in [1.29, 1.82) is 0 Å². The van der Waals surface area contributed by atoms with Crippen molar-refractivity contribution in [2.45, 2.75) is 19.6 Å². The summed E-state index contributed by atoms with van der Waals surface area (Å²) in [5.41, 5.74) is 5.07. The van der Waals surface area contributed by atoms with Gasteiger partial charge in [-0.2, -0.15) is 0 Å². The lowest BCUT2D eigenvalue weighted by atomic mass is 10.1. The molecule has 3 aromatic rings. The summed E-state index contributed by atoms with van der Waals surface area (Å²) in [5.74, 6) is 0.888. The highest BCUT2D eigenvalue weighted by atomic mass is 16.5. The van der Waals surface area contributed by atoms with Gasteiger partial charge in [0, 0.05) is 51.8 Å². The van der Waals surface area contributed by atoms with E-state index < -0.39 is 0 Å². The van der Waals surface area contributed by atoms with E-state index in [-0.39, 0.29) is 0 Å². The fourth-order valence-electron chi connectivity index (χ4n) is 3.06. The summed E-state index contributed by atoms with van der Waals surface area (Å²) in [6, 6.07) is 21.2. The first kappa shape index (κ1) is 18.9. The van der Waals surface area contributed by atoms with Crippen molar-refractivity contribution in [2.75, 3.05) is 26.1 Å². The molecule has 0 saturated carbocycles. The topological polar surface area (TPSA) is 28.6 Å². The summed E-state index contributed by atoms with van der Waals surface area (Å²) in [6.45, 7) is 2.65. The first-order valence-corrected chi connectivity index (χ1v) is 9.14. The number of nitrogens with zero attached hydrogens (tertiary/aromatic N) is 3. The maximum atomic E-state index is 5.27.